The molecule has 7 nitrogen and oxygen atoms in total. The van der Waals surface area contributed by atoms with E-state index in [1.807, 2.05) is 0 Å². The third-order valence-electron chi connectivity index (χ3n) is 4.59. The largest absolute Gasteiger partial charge is 0.388 e. The molecule has 0 saturated heterocycles. The fourth-order valence-electron chi connectivity index (χ4n) is 3.46. The fourth-order valence-corrected chi connectivity index (χ4v) is 3.46. The molecule has 0 aliphatic heterocycles. The standard InChI is InChI=1S/C16H22N4O3/c1-10-8-11(12-13(17-10)20(3)18-14(12)21)15(22)19(2)9-16(23)6-4-5-7-16/h8,23H,4-7,9H2,1-3H3,(H,18,21). The number of aryl methyl sites for hydroxylation is 2. The Balaban J connectivity index is 1.99. The van der Waals surface area contributed by atoms with Gasteiger partial charge in [-0.05, 0) is 25.8 Å². The summed E-state index contributed by atoms with van der Waals surface area (Å²) in [5, 5.41) is 13.4. The van der Waals surface area contributed by atoms with Gasteiger partial charge in [0.1, 0.15) is 0 Å². The number of nitrogens with one attached hydrogen (secondary N) is 1. The number of amides is 1. The molecule has 7 heteroatoms. The van der Waals surface area contributed by atoms with Crippen LogP contribution in [0.3, 0.4) is 0 Å². The summed E-state index contributed by atoms with van der Waals surface area (Å²) in [7, 11) is 3.35. The Kier molecular flexibility index (Phi) is 3.75. The first-order chi connectivity index (χ1) is 10.8. The van der Waals surface area contributed by atoms with Gasteiger partial charge in [0.05, 0.1) is 16.6 Å². The van der Waals surface area contributed by atoms with Crippen molar-refractivity contribution in [3.05, 3.63) is 27.7 Å². The van der Waals surface area contributed by atoms with Crippen molar-refractivity contribution in [3.8, 4) is 0 Å². The molecule has 1 amide bonds. The minimum Gasteiger partial charge on any atom is -0.388 e. The average molecular weight is 318 g/mol. The highest BCUT2D eigenvalue weighted by atomic mass is 16.3. The van der Waals surface area contributed by atoms with E-state index in [4.69, 9.17) is 0 Å². The molecular formula is C16H22N4O3. The Morgan fingerprint density at radius 2 is 2.13 bits per heavy atom. The molecule has 1 saturated carbocycles. The molecular weight excluding hydrogens is 296 g/mol. The number of hydrogen-bond acceptors (Lipinski definition) is 4. The summed E-state index contributed by atoms with van der Waals surface area (Å²) < 4.78 is 1.52. The first kappa shape index (κ1) is 15.7. The molecule has 1 aliphatic carbocycles. The number of aromatic amines is 1. The van der Waals surface area contributed by atoms with E-state index in [2.05, 4.69) is 10.1 Å². The molecule has 23 heavy (non-hydrogen) atoms. The van der Waals surface area contributed by atoms with E-state index in [1.54, 1.807) is 27.1 Å². The molecule has 2 heterocycles. The van der Waals surface area contributed by atoms with Crippen LogP contribution in [0, 0.1) is 6.92 Å². The zero-order chi connectivity index (χ0) is 16.8. The van der Waals surface area contributed by atoms with Crippen molar-refractivity contribution >= 4 is 16.9 Å². The van der Waals surface area contributed by atoms with Gasteiger partial charge in [0.2, 0.25) is 0 Å². The van der Waals surface area contributed by atoms with Crippen molar-refractivity contribution in [2.24, 2.45) is 7.05 Å². The lowest BCUT2D eigenvalue weighted by molar-refractivity contribution is 0.0157. The first-order valence-electron chi connectivity index (χ1n) is 7.85. The highest BCUT2D eigenvalue weighted by Gasteiger charge is 2.34. The second-order valence-electron chi connectivity index (χ2n) is 6.60. The lowest BCUT2D eigenvalue weighted by Gasteiger charge is -2.28. The van der Waals surface area contributed by atoms with Crippen molar-refractivity contribution in [1.29, 1.82) is 0 Å². The van der Waals surface area contributed by atoms with Crippen LogP contribution in [0.15, 0.2) is 10.9 Å². The lowest BCUT2D eigenvalue weighted by Crippen LogP contribution is -2.42. The quantitative estimate of drug-likeness (QED) is 0.881. The predicted molar refractivity (Wildman–Crippen MR) is 86.5 cm³/mol. The Bertz CT molecular complexity index is 815. The van der Waals surface area contributed by atoms with Gasteiger partial charge in [-0.15, -0.1) is 0 Å². The molecule has 1 fully saturated rings. The van der Waals surface area contributed by atoms with E-state index in [0.29, 0.717) is 35.1 Å². The van der Waals surface area contributed by atoms with Crippen molar-refractivity contribution in [1.82, 2.24) is 19.7 Å². The normalized spacial score (nSPS) is 16.9. The van der Waals surface area contributed by atoms with Gasteiger partial charge in [-0.1, -0.05) is 12.8 Å². The third kappa shape index (κ3) is 2.76. The highest BCUT2D eigenvalue weighted by molar-refractivity contribution is 6.05. The molecule has 2 aromatic rings. The second-order valence-corrected chi connectivity index (χ2v) is 6.60. The molecule has 0 atom stereocenters. The van der Waals surface area contributed by atoms with Crippen LogP contribution in [0.25, 0.3) is 11.0 Å². The van der Waals surface area contributed by atoms with Gasteiger partial charge in [-0.25, -0.2) is 4.98 Å². The Morgan fingerprint density at radius 1 is 1.48 bits per heavy atom. The number of fused-ring (bicyclic) bond motifs is 1. The van der Waals surface area contributed by atoms with E-state index < -0.39 is 5.60 Å². The molecule has 0 aromatic carbocycles. The van der Waals surface area contributed by atoms with Crippen molar-refractivity contribution in [2.45, 2.75) is 38.2 Å². The topological polar surface area (TPSA) is 91.2 Å². The molecule has 0 spiro atoms. The Labute approximate surface area is 133 Å². The van der Waals surface area contributed by atoms with Crippen molar-refractivity contribution in [2.75, 3.05) is 13.6 Å². The van der Waals surface area contributed by atoms with Gasteiger partial charge >= 0.3 is 0 Å². The van der Waals surface area contributed by atoms with Crippen LogP contribution in [0.1, 0.15) is 41.7 Å². The summed E-state index contributed by atoms with van der Waals surface area (Å²) >= 11 is 0. The van der Waals surface area contributed by atoms with Crippen LogP contribution in [0.2, 0.25) is 0 Å². The molecule has 124 valence electrons. The van der Waals surface area contributed by atoms with E-state index >= 15 is 0 Å². The highest BCUT2D eigenvalue weighted by Crippen LogP contribution is 2.30. The summed E-state index contributed by atoms with van der Waals surface area (Å²) in [5.74, 6) is -0.266. The fraction of sp³-hybridized carbons (Fsp3) is 0.562. The number of carbonyl (C=O) groups is 1. The summed E-state index contributed by atoms with van der Waals surface area (Å²) in [5.41, 5.74) is 0.328. The predicted octanol–water partition coefficient (Wildman–Crippen LogP) is 0.947. The van der Waals surface area contributed by atoms with E-state index in [9.17, 15) is 14.7 Å². The van der Waals surface area contributed by atoms with Crippen LogP contribution in [0.5, 0.6) is 0 Å². The van der Waals surface area contributed by atoms with Gasteiger partial charge in [0.25, 0.3) is 11.5 Å². The number of aliphatic hydroxyl groups is 1. The Hall–Kier alpha value is -2.15. The smallest absolute Gasteiger partial charge is 0.274 e. The van der Waals surface area contributed by atoms with Crippen molar-refractivity contribution < 1.29 is 9.90 Å². The molecule has 1 aliphatic rings. The second kappa shape index (κ2) is 5.49. The summed E-state index contributed by atoms with van der Waals surface area (Å²) in [6.07, 6.45) is 3.38. The average Bonchev–Trinajstić information content (AvgIpc) is 3.02. The van der Waals surface area contributed by atoms with Crippen LogP contribution in [0.4, 0.5) is 0 Å². The van der Waals surface area contributed by atoms with E-state index in [0.717, 1.165) is 12.8 Å². The molecule has 2 aromatic heterocycles. The zero-order valence-electron chi connectivity index (χ0n) is 13.7. The minimum absolute atomic E-state index is 0.266. The van der Waals surface area contributed by atoms with Gasteiger partial charge in [-0.3, -0.25) is 19.4 Å². The van der Waals surface area contributed by atoms with Crippen molar-refractivity contribution in [3.63, 3.8) is 0 Å². The number of rotatable bonds is 3. The van der Waals surface area contributed by atoms with Gasteiger partial charge in [-0.2, -0.15) is 0 Å². The van der Waals surface area contributed by atoms with Gasteiger partial charge in [0, 0.05) is 26.3 Å². The summed E-state index contributed by atoms with van der Waals surface area (Å²) in [6.45, 7) is 2.07. The van der Waals surface area contributed by atoms with Crippen LogP contribution < -0.4 is 5.56 Å². The molecule has 2 N–H and O–H groups in total. The molecule has 0 bridgehead atoms. The monoisotopic (exact) mass is 318 g/mol. The zero-order valence-corrected chi connectivity index (χ0v) is 13.7. The maximum atomic E-state index is 12.8. The van der Waals surface area contributed by atoms with Crippen LogP contribution in [-0.2, 0) is 7.05 Å². The van der Waals surface area contributed by atoms with E-state index in [1.165, 1.54) is 9.58 Å². The molecule has 0 radical (unpaired) electrons. The first-order valence-corrected chi connectivity index (χ1v) is 7.85. The van der Waals surface area contributed by atoms with Crippen LogP contribution >= 0.6 is 0 Å². The minimum atomic E-state index is -0.811. The maximum absolute atomic E-state index is 12.8. The van der Waals surface area contributed by atoms with Crippen LogP contribution in [-0.4, -0.2) is 49.9 Å². The summed E-state index contributed by atoms with van der Waals surface area (Å²) in [6, 6.07) is 1.63. The maximum Gasteiger partial charge on any atom is 0.274 e. The Morgan fingerprint density at radius 3 is 2.78 bits per heavy atom. The number of aromatic nitrogens is 3. The number of carbonyl (C=O) groups excluding carboxylic acids is 1. The number of nitrogens with zero attached hydrogens (tertiary/aromatic N) is 3. The number of pyridine rings is 1. The van der Waals surface area contributed by atoms with Gasteiger partial charge in [0.15, 0.2) is 5.65 Å². The van der Waals surface area contributed by atoms with Gasteiger partial charge < -0.3 is 10.0 Å². The number of likely N-dealkylation sites (N-methyl/N-ethyl adjacent to an activating group) is 1. The molecule has 0 unspecified atom stereocenters. The summed E-state index contributed by atoms with van der Waals surface area (Å²) in [4.78, 5) is 30.8. The lowest BCUT2D eigenvalue weighted by atomic mass is 10.0. The third-order valence-corrected chi connectivity index (χ3v) is 4.59. The number of hydrogen-bond donors (Lipinski definition) is 2. The number of H-pyrrole nitrogens is 1. The molecule has 3 rings (SSSR count). The SMILES string of the molecule is Cc1cc(C(=O)N(C)CC2(O)CCCC2)c2c(=O)[nH]n(C)c2n1. The van der Waals surface area contributed by atoms with E-state index in [-0.39, 0.29) is 18.0 Å².